The minimum absolute atomic E-state index is 0.00380. The zero-order valence-electron chi connectivity index (χ0n) is 13.8. The first-order chi connectivity index (χ1) is 11.6. The number of carbonyl (C=O) groups excluding carboxylic acids is 1. The van der Waals surface area contributed by atoms with Crippen LogP contribution in [0.5, 0.6) is 0 Å². The van der Waals surface area contributed by atoms with E-state index in [2.05, 4.69) is 19.9 Å². The Bertz CT molecular complexity index is 917. The average Bonchev–Trinajstić information content (AvgIpc) is 3.18. The van der Waals surface area contributed by atoms with Gasteiger partial charge in [-0.15, -0.1) is 0 Å². The highest BCUT2D eigenvalue weighted by Gasteiger charge is 2.31. The van der Waals surface area contributed by atoms with Crippen molar-refractivity contribution in [1.29, 1.82) is 0 Å². The Kier molecular flexibility index (Phi) is 3.52. The third-order valence-corrected chi connectivity index (χ3v) is 4.48. The number of hydrogen-bond acceptors (Lipinski definition) is 4. The van der Waals surface area contributed by atoms with Crippen LogP contribution in [0.1, 0.15) is 46.5 Å². The van der Waals surface area contributed by atoms with Gasteiger partial charge in [-0.2, -0.15) is 0 Å². The van der Waals surface area contributed by atoms with Gasteiger partial charge in [0, 0.05) is 18.3 Å². The summed E-state index contributed by atoms with van der Waals surface area (Å²) < 4.78 is 0. The summed E-state index contributed by atoms with van der Waals surface area (Å²) in [6.07, 6.45) is 5.41. The number of rotatable bonds is 2. The molecule has 0 aliphatic carbocycles. The van der Waals surface area contributed by atoms with Gasteiger partial charge in [0.1, 0.15) is 5.82 Å². The van der Waals surface area contributed by atoms with Gasteiger partial charge in [-0.1, -0.05) is 0 Å². The van der Waals surface area contributed by atoms with Gasteiger partial charge in [0.15, 0.2) is 0 Å². The highest BCUT2D eigenvalue weighted by molar-refractivity contribution is 5.97. The van der Waals surface area contributed by atoms with Crippen molar-refractivity contribution < 1.29 is 4.79 Å². The zero-order chi connectivity index (χ0) is 16.7. The lowest BCUT2D eigenvalue weighted by Gasteiger charge is -2.24. The largest absolute Gasteiger partial charge is 0.342 e. The van der Waals surface area contributed by atoms with Crippen LogP contribution in [-0.4, -0.2) is 37.3 Å². The Morgan fingerprint density at radius 3 is 2.96 bits per heavy atom. The summed E-state index contributed by atoms with van der Waals surface area (Å²) in [5.74, 6) is 0.888. The number of H-pyrrole nitrogens is 1. The average molecular weight is 321 g/mol. The van der Waals surface area contributed by atoms with Crippen LogP contribution in [0, 0.1) is 13.8 Å². The summed E-state index contributed by atoms with van der Waals surface area (Å²) in [5.41, 5.74) is 4.20. The molecule has 1 aliphatic rings. The molecule has 0 spiro atoms. The molecule has 0 bridgehead atoms. The Balaban J connectivity index is 1.66. The number of amides is 1. The molecule has 0 saturated carbocycles. The van der Waals surface area contributed by atoms with Gasteiger partial charge >= 0.3 is 0 Å². The second-order valence-corrected chi connectivity index (χ2v) is 6.30. The van der Waals surface area contributed by atoms with Gasteiger partial charge in [0.2, 0.25) is 0 Å². The van der Waals surface area contributed by atoms with Crippen LogP contribution in [0.3, 0.4) is 0 Å². The third kappa shape index (κ3) is 2.54. The maximum atomic E-state index is 13.0. The van der Waals surface area contributed by atoms with E-state index >= 15 is 0 Å². The number of aromatic amines is 1. The number of nitrogens with zero attached hydrogens (tertiary/aromatic N) is 4. The molecular formula is C18H19N5O. The van der Waals surface area contributed by atoms with Crippen LogP contribution >= 0.6 is 0 Å². The van der Waals surface area contributed by atoms with Crippen LogP contribution in [0.2, 0.25) is 0 Å². The topological polar surface area (TPSA) is 74.8 Å². The predicted octanol–water partition coefficient (Wildman–Crippen LogP) is 2.95. The van der Waals surface area contributed by atoms with Crippen LogP contribution in [0.25, 0.3) is 11.0 Å². The molecule has 6 nitrogen and oxygen atoms in total. The smallest absolute Gasteiger partial charge is 0.254 e. The first-order valence-corrected chi connectivity index (χ1v) is 8.18. The number of fused-ring (bicyclic) bond motifs is 1. The minimum atomic E-state index is 0.00380. The zero-order valence-corrected chi connectivity index (χ0v) is 13.8. The SMILES string of the molecule is Cc1cncc([C@H]2CCCN2C(=O)c2ccc3nc(C)[nH]c3c2)n1. The van der Waals surface area contributed by atoms with Gasteiger partial charge < -0.3 is 9.88 Å². The molecule has 1 amide bonds. The molecule has 1 aromatic carbocycles. The number of benzene rings is 1. The summed E-state index contributed by atoms with van der Waals surface area (Å²) in [7, 11) is 0. The molecular weight excluding hydrogens is 302 g/mol. The lowest BCUT2D eigenvalue weighted by Crippen LogP contribution is -2.31. The molecule has 1 N–H and O–H groups in total. The van der Waals surface area contributed by atoms with Gasteiger partial charge in [-0.25, -0.2) is 4.98 Å². The van der Waals surface area contributed by atoms with Gasteiger partial charge in [0.25, 0.3) is 5.91 Å². The molecule has 1 fully saturated rings. The minimum Gasteiger partial charge on any atom is -0.342 e. The van der Waals surface area contributed by atoms with Crippen molar-refractivity contribution in [2.24, 2.45) is 0 Å². The molecule has 1 saturated heterocycles. The van der Waals surface area contributed by atoms with Crippen LogP contribution in [-0.2, 0) is 0 Å². The van der Waals surface area contributed by atoms with Crippen molar-refractivity contribution >= 4 is 16.9 Å². The number of likely N-dealkylation sites (tertiary alicyclic amines) is 1. The normalized spacial score (nSPS) is 17.6. The molecule has 1 aliphatic heterocycles. The number of aromatic nitrogens is 4. The van der Waals surface area contributed by atoms with Gasteiger partial charge in [-0.3, -0.25) is 14.8 Å². The predicted molar refractivity (Wildman–Crippen MR) is 90.6 cm³/mol. The monoisotopic (exact) mass is 321 g/mol. The van der Waals surface area contributed by atoms with Gasteiger partial charge in [-0.05, 0) is 44.9 Å². The Labute approximate surface area is 140 Å². The molecule has 122 valence electrons. The van der Waals surface area contributed by atoms with Crippen molar-refractivity contribution in [3.63, 3.8) is 0 Å². The summed E-state index contributed by atoms with van der Waals surface area (Å²) in [5, 5.41) is 0. The maximum Gasteiger partial charge on any atom is 0.254 e. The first kappa shape index (κ1) is 14.8. The Hall–Kier alpha value is -2.76. The highest BCUT2D eigenvalue weighted by atomic mass is 16.2. The van der Waals surface area contributed by atoms with E-state index in [4.69, 9.17) is 0 Å². The van der Waals surface area contributed by atoms with Crippen molar-refractivity contribution in [3.8, 4) is 0 Å². The number of nitrogens with one attached hydrogen (secondary N) is 1. The molecule has 0 radical (unpaired) electrons. The van der Waals surface area contributed by atoms with Crippen molar-refractivity contribution in [3.05, 3.63) is 53.4 Å². The summed E-state index contributed by atoms with van der Waals surface area (Å²) >= 11 is 0. The Morgan fingerprint density at radius 1 is 1.25 bits per heavy atom. The van der Waals surface area contributed by atoms with E-state index < -0.39 is 0 Å². The third-order valence-electron chi connectivity index (χ3n) is 4.48. The maximum absolute atomic E-state index is 13.0. The summed E-state index contributed by atoms with van der Waals surface area (Å²) in [4.78, 5) is 31.3. The molecule has 3 heterocycles. The van der Waals surface area contributed by atoms with E-state index in [9.17, 15) is 4.79 Å². The van der Waals surface area contributed by atoms with E-state index in [-0.39, 0.29) is 11.9 Å². The number of aryl methyl sites for hydroxylation is 2. The van der Waals surface area contributed by atoms with Crippen LogP contribution in [0.15, 0.2) is 30.6 Å². The fraction of sp³-hybridized carbons (Fsp3) is 0.333. The summed E-state index contributed by atoms with van der Waals surface area (Å²) in [6, 6.07) is 5.63. The van der Waals surface area contributed by atoms with E-state index in [1.165, 1.54) is 0 Å². The molecule has 0 unspecified atom stereocenters. The van der Waals surface area contributed by atoms with E-state index in [1.807, 2.05) is 36.9 Å². The quantitative estimate of drug-likeness (QED) is 0.787. The highest BCUT2D eigenvalue weighted by Crippen LogP contribution is 2.32. The second kappa shape index (κ2) is 5.70. The lowest BCUT2D eigenvalue weighted by atomic mass is 10.1. The second-order valence-electron chi connectivity index (χ2n) is 6.30. The van der Waals surface area contributed by atoms with E-state index in [1.54, 1.807) is 12.4 Å². The lowest BCUT2D eigenvalue weighted by molar-refractivity contribution is 0.0732. The molecule has 4 rings (SSSR count). The fourth-order valence-corrected chi connectivity index (χ4v) is 3.40. The number of hydrogen-bond donors (Lipinski definition) is 1. The first-order valence-electron chi connectivity index (χ1n) is 8.18. The van der Waals surface area contributed by atoms with Crippen molar-refractivity contribution in [2.45, 2.75) is 32.7 Å². The molecule has 1 atom stereocenters. The van der Waals surface area contributed by atoms with Crippen molar-refractivity contribution in [1.82, 2.24) is 24.8 Å². The van der Waals surface area contributed by atoms with E-state index in [0.29, 0.717) is 5.56 Å². The Morgan fingerprint density at radius 2 is 2.12 bits per heavy atom. The molecule has 6 heteroatoms. The standard InChI is InChI=1S/C18H19N5O/c1-11-9-19-10-16(20-11)17-4-3-7-23(17)18(24)13-5-6-14-15(8-13)22-12(2)21-14/h5-6,8-10,17H,3-4,7H2,1-2H3,(H,21,22)/t17-/m1/s1. The van der Waals surface area contributed by atoms with Gasteiger partial charge in [0.05, 0.1) is 34.7 Å². The number of carbonyl (C=O) groups is 1. The van der Waals surface area contributed by atoms with Crippen LogP contribution < -0.4 is 0 Å². The summed E-state index contributed by atoms with van der Waals surface area (Å²) in [6.45, 7) is 4.58. The van der Waals surface area contributed by atoms with E-state index in [0.717, 1.165) is 47.6 Å². The fourth-order valence-electron chi connectivity index (χ4n) is 3.40. The van der Waals surface area contributed by atoms with Crippen molar-refractivity contribution in [2.75, 3.05) is 6.54 Å². The number of imidazole rings is 1. The molecule has 2 aromatic heterocycles. The molecule has 24 heavy (non-hydrogen) atoms. The van der Waals surface area contributed by atoms with Crippen LogP contribution in [0.4, 0.5) is 0 Å². The molecule has 3 aromatic rings.